The van der Waals surface area contributed by atoms with Crippen molar-refractivity contribution >= 4 is 23.3 Å². The van der Waals surface area contributed by atoms with E-state index >= 15 is 0 Å². The first kappa shape index (κ1) is 13.4. The Bertz CT molecular complexity index is 734. The second-order valence-electron chi connectivity index (χ2n) is 5.06. The summed E-state index contributed by atoms with van der Waals surface area (Å²) in [5.74, 6) is 0.413. The van der Waals surface area contributed by atoms with Gasteiger partial charge in [-0.3, -0.25) is 18.9 Å². The van der Waals surface area contributed by atoms with Gasteiger partial charge in [0, 0.05) is 19.3 Å². The van der Waals surface area contributed by atoms with E-state index in [0.717, 1.165) is 17.0 Å². The fourth-order valence-corrected chi connectivity index (χ4v) is 2.50. The zero-order valence-electron chi connectivity index (χ0n) is 11.8. The molecule has 6 heteroatoms. The van der Waals surface area contributed by atoms with E-state index in [9.17, 15) is 9.59 Å². The van der Waals surface area contributed by atoms with E-state index in [2.05, 4.69) is 11.6 Å². The number of aryl methyl sites for hydroxylation is 1. The molecule has 0 N–H and O–H groups in total. The highest BCUT2D eigenvalue weighted by Crippen LogP contribution is 2.20. The molecule has 0 atom stereocenters. The van der Waals surface area contributed by atoms with Crippen molar-refractivity contribution in [3.63, 3.8) is 0 Å². The highest BCUT2D eigenvalue weighted by molar-refractivity contribution is 5.99. The summed E-state index contributed by atoms with van der Waals surface area (Å²) in [5, 5.41) is 0. The van der Waals surface area contributed by atoms with Crippen LogP contribution in [0, 0.1) is 6.92 Å². The molecule has 0 bridgehead atoms. The van der Waals surface area contributed by atoms with Crippen molar-refractivity contribution in [2.24, 2.45) is 0 Å². The van der Waals surface area contributed by atoms with Gasteiger partial charge in [-0.25, -0.2) is 4.98 Å². The van der Waals surface area contributed by atoms with Gasteiger partial charge in [-0.15, -0.1) is 0 Å². The van der Waals surface area contributed by atoms with Gasteiger partial charge in [0.2, 0.25) is 11.8 Å². The Kier molecular flexibility index (Phi) is 3.21. The largest absolute Gasteiger partial charge is 0.328 e. The second kappa shape index (κ2) is 5.05. The number of pyridine rings is 1. The van der Waals surface area contributed by atoms with Gasteiger partial charge in [-0.05, 0) is 30.7 Å². The minimum absolute atomic E-state index is 0.0734. The van der Waals surface area contributed by atoms with Crippen LogP contribution >= 0.6 is 0 Å². The molecule has 2 aromatic rings. The SMILES string of the molecule is C=CC(=O)N1CCN(c2cnc3cc(C)ccn23)C(=O)C1. The van der Waals surface area contributed by atoms with Gasteiger partial charge >= 0.3 is 0 Å². The first-order chi connectivity index (χ1) is 10.1. The maximum absolute atomic E-state index is 12.3. The molecule has 1 aliphatic heterocycles. The number of aromatic nitrogens is 2. The second-order valence-corrected chi connectivity index (χ2v) is 5.06. The number of carbonyl (C=O) groups is 2. The summed E-state index contributed by atoms with van der Waals surface area (Å²) in [4.78, 5) is 31.4. The lowest BCUT2D eigenvalue weighted by atomic mass is 10.3. The number of amides is 2. The van der Waals surface area contributed by atoms with Gasteiger partial charge < -0.3 is 4.90 Å². The summed E-state index contributed by atoms with van der Waals surface area (Å²) in [6.45, 7) is 6.48. The van der Waals surface area contributed by atoms with E-state index in [-0.39, 0.29) is 18.4 Å². The third kappa shape index (κ3) is 2.29. The van der Waals surface area contributed by atoms with E-state index in [1.807, 2.05) is 29.7 Å². The van der Waals surface area contributed by atoms with Crippen molar-refractivity contribution in [1.29, 1.82) is 0 Å². The molecule has 0 aliphatic carbocycles. The molecule has 1 saturated heterocycles. The number of fused-ring (bicyclic) bond motifs is 1. The standard InChI is InChI=1S/C15H16N4O2/c1-3-14(20)17-6-7-19(15(21)10-17)13-9-16-12-8-11(2)4-5-18(12)13/h3-5,8-9H,1,6-7,10H2,2H3. The Morgan fingerprint density at radius 3 is 2.95 bits per heavy atom. The number of hydrogen-bond acceptors (Lipinski definition) is 3. The van der Waals surface area contributed by atoms with E-state index < -0.39 is 0 Å². The lowest BCUT2D eigenvalue weighted by molar-refractivity contribution is -0.133. The minimum Gasteiger partial charge on any atom is -0.328 e. The molecule has 3 rings (SSSR count). The van der Waals surface area contributed by atoms with Crippen LogP contribution in [-0.4, -0.2) is 45.7 Å². The number of nitrogens with zero attached hydrogens (tertiary/aromatic N) is 4. The summed E-state index contributed by atoms with van der Waals surface area (Å²) in [5.41, 5.74) is 1.93. The van der Waals surface area contributed by atoms with Crippen molar-refractivity contribution in [1.82, 2.24) is 14.3 Å². The number of rotatable bonds is 2. The Morgan fingerprint density at radius 2 is 2.24 bits per heavy atom. The fourth-order valence-electron chi connectivity index (χ4n) is 2.50. The molecule has 0 aromatic carbocycles. The lowest BCUT2D eigenvalue weighted by Gasteiger charge is -2.33. The molecule has 108 valence electrons. The van der Waals surface area contributed by atoms with Crippen LogP contribution in [-0.2, 0) is 9.59 Å². The molecule has 1 aliphatic rings. The van der Waals surface area contributed by atoms with Crippen LogP contribution in [0.3, 0.4) is 0 Å². The van der Waals surface area contributed by atoms with Crippen molar-refractivity contribution in [2.45, 2.75) is 6.92 Å². The van der Waals surface area contributed by atoms with Gasteiger partial charge in [0.15, 0.2) is 0 Å². The van der Waals surface area contributed by atoms with Crippen molar-refractivity contribution in [2.75, 3.05) is 24.5 Å². The monoisotopic (exact) mass is 284 g/mol. The quantitative estimate of drug-likeness (QED) is 0.773. The van der Waals surface area contributed by atoms with E-state index in [1.165, 1.54) is 11.0 Å². The molecule has 6 nitrogen and oxygen atoms in total. The van der Waals surface area contributed by atoms with Gasteiger partial charge in [0.05, 0.1) is 6.20 Å². The highest BCUT2D eigenvalue weighted by atomic mass is 16.2. The first-order valence-electron chi connectivity index (χ1n) is 6.75. The van der Waals surface area contributed by atoms with Crippen molar-refractivity contribution < 1.29 is 9.59 Å². The number of piperazine rings is 1. The number of hydrogen-bond donors (Lipinski definition) is 0. The van der Waals surface area contributed by atoms with Crippen LogP contribution in [0.5, 0.6) is 0 Å². The van der Waals surface area contributed by atoms with Gasteiger partial charge in [0.25, 0.3) is 0 Å². The highest BCUT2D eigenvalue weighted by Gasteiger charge is 2.28. The van der Waals surface area contributed by atoms with E-state index in [4.69, 9.17) is 0 Å². The van der Waals surface area contributed by atoms with E-state index in [0.29, 0.717) is 13.1 Å². The molecule has 3 heterocycles. The number of imidazole rings is 1. The van der Waals surface area contributed by atoms with Crippen LogP contribution in [0.2, 0.25) is 0 Å². The number of anilines is 1. The molecule has 2 aromatic heterocycles. The third-order valence-corrected chi connectivity index (χ3v) is 3.63. The Morgan fingerprint density at radius 1 is 1.43 bits per heavy atom. The number of carbonyl (C=O) groups excluding carboxylic acids is 2. The predicted molar refractivity (Wildman–Crippen MR) is 79.1 cm³/mol. The van der Waals surface area contributed by atoms with Crippen molar-refractivity contribution in [3.8, 4) is 0 Å². The van der Waals surface area contributed by atoms with Crippen LogP contribution in [0.15, 0.2) is 37.2 Å². The van der Waals surface area contributed by atoms with E-state index in [1.54, 1.807) is 11.1 Å². The molecule has 0 spiro atoms. The summed E-state index contributed by atoms with van der Waals surface area (Å²) in [6.07, 6.45) is 4.83. The summed E-state index contributed by atoms with van der Waals surface area (Å²) < 4.78 is 1.88. The minimum atomic E-state index is -0.211. The molecule has 2 amide bonds. The Labute approximate surface area is 122 Å². The zero-order chi connectivity index (χ0) is 15.0. The average molecular weight is 284 g/mol. The molecular formula is C15H16N4O2. The summed E-state index contributed by atoms with van der Waals surface area (Å²) in [6, 6.07) is 3.94. The molecule has 21 heavy (non-hydrogen) atoms. The van der Waals surface area contributed by atoms with Gasteiger partial charge in [-0.1, -0.05) is 6.58 Å². The summed E-state index contributed by atoms with van der Waals surface area (Å²) in [7, 11) is 0. The van der Waals surface area contributed by atoms with Crippen LogP contribution in [0.25, 0.3) is 5.65 Å². The molecule has 0 unspecified atom stereocenters. The van der Waals surface area contributed by atoms with Crippen LogP contribution in [0.1, 0.15) is 5.56 Å². The average Bonchev–Trinajstić information content (AvgIpc) is 2.89. The molecule has 1 fully saturated rings. The maximum Gasteiger partial charge on any atom is 0.247 e. The predicted octanol–water partition coefficient (Wildman–Crippen LogP) is 1.00. The topological polar surface area (TPSA) is 57.9 Å². The molecule has 0 saturated carbocycles. The maximum atomic E-state index is 12.3. The van der Waals surface area contributed by atoms with Crippen molar-refractivity contribution in [3.05, 3.63) is 42.7 Å². The Hall–Kier alpha value is -2.63. The smallest absolute Gasteiger partial charge is 0.247 e. The molecular weight excluding hydrogens is 268 g/mol. The first-order valence-corrected chi connectivity index (χ1v) is 6.75. The fraction of sp³-hybridized carbons (Fsp3) is 0.267. The lowest BCUT2D eigenvalue weighted by Crippen LogP contribution is -2.52. The third-order valence-electron chi connectivity index (χ3n) is 3.63. The van der Waals surface area contributed by atoms with Gasteiger partial charge in [-0.2, -0.15) is 0 Å². The summed E-state index contributed by atoms with van der Waals surface area (Å²) >= 11 is 0. The normalized spacial score (nSPS) is 15.6. The van der Waals surface area contributed by atoms with Gasteiger partial charge in [0.1, 0.15) is 18.0 Å². The van der Waals surface area contributed by atoms with Crippen LogP contribution in [0.4, 0.5) is 5.82 Å². The van der Waals surface area contributed by atoms with Crippen LogP contribution < -0.4 is 4.90 Å². The zero-order valence-corrected chi connectivity index (χ0v) is 11.8. The molecule has 0 radical (unpaired) electrons. The Balaban J connectivity index is 1.89.